The number of aromatic nitrogens is 1. The van der Waals surface area contributed by atoms with Crippen LogP contribution in [0.1, 0.15) is 23.2 Å². The second-order valence-corrected chi connectivity index (χ2v) is 7.11. The van der Waals surface area contributed by atoms with Gasteiger partial charge in [-0.1, -0.05) is 17.7 Å². The first-order valence-corrected chi connectivity index (χ1v) is 8.12. The molecule has 20 heavy (non-hydrogen) atoms. The molecule has 4 nitrogen and oxygen atoms in total. The van der Waals surface area contributed by atoms with E-state index in [1.54, 1.807) is 30.5 Å². The van der Waals surface area contributed by atoms with Crippen LogP contribution in [0.4, 0.5) is 0 Å². The molecule has 0 saturated heterocycles. The van der Waals surface area contributed by atoms with Crippen molar-refractivity contribution in [3.8, 4) is 0 Å². The van der Waals surface area contributed by atoms with Gasteiger partial charge in [-0.15, -0.1) is 0 Å². The van der Waals surface area contributed by atoms with Gasteiger partial charge >= 0.3 is 0 Å². The van der Waals surface area contributed by atoms with Crippen LogP contribution < -0.4 is 0 Å². The molecular weight excluding hydrogens is 274 g/mol. The highest BCUT2D eigenvalue weighted by molar-refractivity contribution is 7.90. The second kappa shape index (κ2) is 4.75. The summed E-state index contributed by atoms with van der Waals surface area (Å²) < 4.78 is 26.6. The largest absolute Gasteiger partial charge is 0.393 e. The Morgan fingerprint density at radius 2 is 1.90 bits per heavy atom. The van der Waals surface area contributed by atoms with Crippen molar-refractivity contribution in [1.29, 1.82) is 0 Å². The predicted octanol–water partition coefficient (Wildman–Crippen LogP) is 1.88. The van der Waals surface area contributed by atoms with Gasteiger partial charge in [0.05, 0.1) is 11.0 Å². The summed E-state index contributed by atoms with van der Waals surface area (Å²) >= 11 is 0. The van der Waals surface area contributed by atoms with Crippen molar-refractivity contribution in [3.05, 3.63) is 53.3 Å². The molecule has 5 heteroatoms. The van der Waals surface area contributed by atoms with E-state index >= 15 is 0 Å². The van der Waals surface area contributed by atoms with Crippen LogP contribution in [0.15, 0.2) is 41.4 Å². The van der Waals surface area contributed by atoms with Crippen LogP contribution in [0.2, 0.25) is 0 Å². The van der Waals surface area contributed by atoms with Crippen LogP contribution in [0.5, 0.6) is 0 Å². The van der Waals surface area contributed by atoms with Gasteiger partial charge in [0.1, 0.15) is 0 Å². The number of aliphatic hydroxyl groups is 1. The smallest absolute Gasteiger partial charge is 0.267 e. The fourth-order valence-electron chi connectivity index (χ4n) is 2.63. The molecule has 3 rings (SSSR count). The van der Waals surface area contributed by atoms with Gasteiger partial charge in [-0.25, -0.2) is 12.4 Å². The molecule has 1 aliphatic carbocycles. The number of benzene rings is 1. The maximum Gasteiger partial charge on any atom is 0.267 e. The maximum atomic E-state index is 12.7. The van der Waals surface area contributed by atoms with Gasteiger partial charge in [-0.3, -0.25) is 0 Å². The van der Waals surface area contributed by atoms with E-state index < -0.39 is 16.1 Å². The Bertz CT molecular complexity index is 729. The Labute approximate surface area is 118 Å². The van der Waals surface area contributed by atoms with Crippen LogP contribution in [0.25, 0.3) is 0 Å². The summed E-state index contributed by atoms with van der Waals surface area (Å²) in [5.41, 5.74) is 2.75. The number of fused-ring (bicyclic) bond motifs is 1. The molecule has 0 amide bonds. The number of nitrogens with zero attached hydrogens (tertiary/aromatic N) is 1. The third-order valence-corrected chi connectivity index (χ3v) is 5.53. The molecule has 0 spiro atoms. The molecule has 0 bridgehead atoms. The highest BCUT2D eigenvalue weighted by atomic mass is 32.2. The van der Waals surface area contributed by atoms with Crippen LogP contribution in [-0.4, -0.2) is 23.6 Å². The van der Waals surface area contributed by atoms with Crippen LogP contribution in [-0.2, 0) is 22.9 Å². The Morgan fingerprint density at radius 3 is 2.60 bits per heavy atom. The van der Waals surface area contributed by atoms with Crippen LogP contribution in [0, 0.1) is 6.92 Å². The highest BCUT2D eigenvalue weighted by Crippen LogP contribution is 2.26. The van der Waals surface area contributed by atoms with E-state index in [1.165, 1.54) is 3.97 Å². The van der Waals surface area contributed by atoms with Crippen molar-refractivity contribution >= 4 is 10.0 Å². The molecule has 1 unspecified atom stereocenters. The average Bonchev–Trinajstić information content (AvgIpc) is 2.82. The Kier molecular flexibility index (Phi) is 3.18. The maximum absolute atomic E-state index is 12.7. The zero-order chi connectivity index (χ0) is 14.3. The predicted molar refractivity (Wildman–Crippen MR) is 76.2 cm³/mol. The van der Waals surface area contributed by atoms with Crippen LogP contribution in [0.3, 0.4) is 0 Å². The first kappa shape index (κ1) is 13.4. The molecule has 1 aromatic heterocycles. The van der Waals surface area contributed by atoms with E-state index in [-0.39, 0.29) is 4.90 Å². The van der Waals surface area contributed by atoms with Crippen molar-refractivity contribution in [2.24, 2.45) is 0 Å². The summed E-state index contributed by atoms with van der Waals surface area (Å²) in [5.74, 6) is 0. The van der Waals surface area contributed by atoms with E-state index in [1.807, 2.05) is 13.0 Å². The number of aryl methyl sites for hydroxylation is 2. The standard InChI is InChI=1S/C15H17NO3S/c1-11-2-6-14(7-3-11)20(18,19)16-9-8-12-4-5-13(17)10-15(12)16/h2-3,6-9,13,17H,4-5,10H2,1H3. The number of aliphatic hydroxyl groups excluding tert-OH is 1. The van der Waals surface area contributed by atoms with Crippen molar-refractivity contribution in [1.82, 2.24) is 3.97 Å². The zero-order valence-electron chi connectivity index (χ0n) is 11.3. The number of hydrogen-bond donors (Lipinski definition) is 1. The third-order valence-electron chi connectivity index (χ3n) is 3.80. The molecule has 1 aliphatic rings. The fraction of sp³-hybridized carbons (Fsp3) is 0.333. The van der Waals surface area contributed by atoms with Gasteiger partial charge in [0.2, 0.25) is 0 Å². The van der Waals surface area contributed by atoms with Crippen LogP contribution >= 0.6 is 0 Å². The van der Waals surface area contributed by atoms with E-state index in [9.17, 15) is 13.5 Å². The topological polar surface area (TPSA) is 59.3 Å². The third kappa shape index (κ3) is 2.17. The van der Waals surface area contributed by atoms with Gasteiger partial charge in [-0.05, 0) is 43.5 Å². The van der Waals surface area contributed by atoms with Gasteiger partial charge in [0, 0.05) is 18.3 Å². The van der Waals surface area contributed by atoms with Gasteiger partial charge in [0.15, 0.2) is 0 Å². The molecule has 0 saturated carbocycles. The molecule has 0 aliphatic heterocycles. The van der Waals surface area contributed by atoms with Gasteiger partial charge in [0.25, 0.3) is 10.0 Å². The quantitative estimate of drug-likeness (QED) is 0.919. The molecule has 1 aromatic carbocycles. The van der Waals surface area contributed by atoms with Gasteiger partial charge < -0.3 is 5.11 Å². The van der Waals surface area contributed by atoms with Gasteiger partial charge in [-0.2, -0.15) is 0 Å². The number of rotatable bonds is 2. The minimum atomic E-state index is -3.57. The first-order valence-electron chi connectivity index (χ1n) is 6.68. The molecule has 1 atom stereocenters. The summed E-state index contributed by atoms with van der Waals surface area (Å²) in [6.07, 6.45) is 2.96. The molecular formula is C15H17NO3S. The lowest BCUT2D eigenvalue weighted by Crippen LogP contribution is -2.23. The molecule has 1 heterocycles. The SMILES string of the molecule is Cc1ccc(S(=O)(=O)n2ccc3c2CC(O)CC3)cc1. The summed E-state index contributed by atoms with van der Waals surface area (Å²) in [7, 11) is -3.57. The minimum Gasteiger partial charge on any atom is -0.393 e. The van der Waals surface area contributed by atoms with Crippen molar-refractivity contribution in [2.45, 2.75) is 37.2 Å². The first-order chi connectivity index (χ1) is 9.48. The second-order valence-electron chi connectivity index (χ2n) is 5.30. The lowest BCUT2D eigenvalue weighted by atomic mass is 9.96. The van der Waals surface area contributed by atoms with Crippen molar-refractivity contribution in [2.75, 3.05) is 0 Å². The van der Waals surface area contributed by atoms with E-state index in [0.29, 0.717) is 18.5 Å². The molecule has 0 fully saturated rings. The lowest BCUT2D eigenvalue weighted by molar-refractivity contribution is 0.157. The summed E-state index contributed by atoms with van der Waals surface area (Å²) in [6.45, 7) is 1.92. The monoisotopic (exact) mass is 291 g/mol. The summed E-state index contributed by atoms with van der Waals surface area (Å²) in [4.78, 5) is 0.279. The molecule has 1 N–H and O–H groups in total. The lowest BCUT2D eigenvalue weighted by Gasteiger charge is -2.20. The fourth-order valence-corrected chi connectivity index (χ4v) is 4.04. The Morgan fingerprint density at radius 1 is 1.20 bits per heavy atom. The minimum absolute atomic E-state index is 0.279. The van der Waals surface area contributed by atoms with Crippen molar-refractivity contribution < 1.29 is 13.5 Å². The van der Waals surface area contributed by atoms with E-state index in [0.717, 1.165) is 17.5 Å². The number of hydrogen-bond acceptors (Lipinski definition) is 3. The molecule has 106 valence electrons. The molecule has 2 aromatic rings. The summed E-state index contributed by atoms with van der Waals surface area (Å²) in [6, 6.07) is 8.66. The molecule has 0 radical (unpaired) electrons. The van der Waals surface area contributed by atoms with E-state index in [4.69, 9.17) is 0 Å². The summed E-state index contributed by atoms with van der Waals surface area (Å²) in [5, 5.41) is 9.76. The Hall–Kier alpha value is -1.59. The Balaban J connectivity index is 2.09. The normalized spacial score (nSPS) is 18.8. The van der Waals surface area contributed by atoms with Crippen molar-refractivity contribution in [3.63, 3.8) is 0 Å². The highest BCUT2D eigenvalue weighted by Gasteiger charge is 2.26. The zero-order valence-corrected chi connectivity index (χ0v) is 12.1. The average molecular weight is 291 g/mol. The van der Waals surface area contributed by atoms with E-state index in [2.05, 4.69) is 0 Å².